The molecule has 0 unspecified atom stereocenters. The summed E-state index contributed by atoms with van der Waals surface area (Å²) in [4.78, 5) is 23.5. The Hall–Kier alpha value is -2.69. The summed E-state index contributed by atoms with van der Waals surface area (Å²) >= 11 is 0. The van der Waals surface area contributed by atoms with Crippen LogP contribution in [-0.2, 0) is 26.2 Å². The summed E-state index contributed by atoms with van der Waals surface area (Å²) in [6.45, 7) is 3.54. The van der Waals surface area contributed by atoms with Crippen molar-refractivity contribution >= 4 is 11.9 Å². The maximum Gasteiger partial charge on any atom is 0.310 e. The molecule has 0 aromatic heterocycles. The highest BCUT2D eigenvalue weighted by Crippen LogP contribution is 2.51. The minimum Gasteiger partial charge on any atom is -0.464 e. The fourth-order valence-electron chi connectivity index (χ4n) is 2.99. The molecule has 1 aliphatic carbocycles. The monoisotopic (exact) mass is 356 g/mol. The van der Waals surface area contributed by atoms with Crippen LogP contribution in [0.4, 0.5) is 4.39 Å². The molecule has 0 aliphatic heterocycles. The van der Waals surface area contributed by atoms with Gasteiger partial charge in [0, 0.05) is 17.9 Å². The molecule has 1 saturated carbocycles. The van der Waals surface area contributed by atoms with Gasteiger partial charge in [-0.05, 0) is 49.1 Å². The van der Waals surface area contributed by atoms with Crippen LogP contribution in [0.2, 0.25) is 0 Å². The lowest BCUT2D eigenvalue weighted by Gasteiger charge is -2.19. The highest BCUT2D eigenvalue weighted by molar-refractivity contribution is 5.73. The lowest BCUT2D eigenvalue weighted by Crippen LogP contribution is -2.21. The first kappa shape index (κ1) is 18.1. The number of halogens is 1. The molecule has 4 nitrogen and oxygen atoms in total. The van der Waals surface area contributed by atoms with E-state index in [1.54, 1.807) is 12.1 Å². The standard InChI is InChI=1S/C21H21FO4/c1-14-3-8-18(19(11-14)26-15(2)23)21(9-10-21)13-25-20(24)12-16-4-6-17(22)7-5-16/h3-8,11H,9-10,12-13H2,1-2H3. The van der Waals surface area contributed by atoms with Crippen LogP contribution >= 0.6 is 0 Å². The molecule has 136 valence electrons. The lowest BCUT2D eigenvalue weighted by molar-refractivity contribution is -0.143. The van der Waals surface area contributed by atoms with Gasteiger partial charge in [0.1, 0.15) is 18.2 Å². The van der Waals surface area contributed by atoms with Crippen molar-refractivity contribution in [1.29, 1.82) is 0 Å². The third kappa shape index (κ3) is 4.28. The first-order valence-electron chi connectivity index (χ1n) is 8.58. The highest BCUT2D eigenvalue weighted by Gasteiger charge is 2.47. The van der Waals surface area contributed by atoms with E-state index in [9.17, 15) is 14.0 Å². The maximum absolute atomic E-state index is 12.9. The predicted octanol–water partition coefficient (Wildman–Crippen LogP) is 3.88. The number of benzene rings is 2. The van der Waals surface area contributed by atoms with Crippen LogP contribution < -0.4 is 4.74 Å². The third-order valence-electron chi connectivity index (χ3n) is 4.59. The number of hydrogen-bond donors (Lipinski definition) is 0. The van der Waals surface area contributed by atoms with Crippen LogP contribution in [0.1, 0.15) is 36.5 Å². The van der Waals surface area contributed by atoms with Crippen molar-refractivity contribution in [2.75, 3.05) is 6.61 Å². The first-order chi connectivity index (χ1) is 12.4. The molecule has 1 aliphatic rings. The molecule has 0 spiro atoms. The van der Waals surface area contributed by atoms with Gasteiger partial charge in [0.25, 0.3) is 0 Å². The second kappa shape index (κ2) is 7.28. The summed E-state index contributed by atoms with van der Waals surface area (Å²) in [6.07, 6.45) is 1.84. The minimum absolute atomic E-state index is 0.0983. The van der Waals surface area contributed by atoms with Gasteiger partial charge < -0.3 is 9.47 Å². The third-order valence-corrected chi connectivity index (χ3v) is 4.59. The van der Waals surface area contributed by atoms with Gasteiger partial charge in [-0.15, -0.1) is 0 Å². The van der Waals surface area contributed by atoms with E-state index in [-0.39, 0.29) is 36.2 Å². The molecule has 26 heavy (non-hydrogen) atoms. The van der Waals surface area contributed by atoms with Crippen molar-refractivity contribution in [3.8, 4) is 5.75 Å². The first-order valence-corrected chi connectivity index (χ1v) is 8.58. The molecule has 5 heteroatoms. The van der Waals surface area contributed by atoms with Crippen molar-refractivity contribution in [3.63, 3.8) is 0 Å². The summed E-state index contributed by atoms with van der Waals surface area (Å²) in [5.74, 6) is -0.536. The number of hydrogen-bond acceptors (Lipinski definition) is 4. The molecule has 0 amide bonds. The number of carbonyl (C=O) groups excluding carboxylic acids is 2. The molecule has 1 fully saturated rings. The van der Waals surface area contributed by atoms with E-state index < -0.39 is 0 Å². The topological polar surface area (TPSA) is 52.6 Å². The molecule has 2 aromatic carbocycles. The number of aryl methyl sites for hydroxylation is 1. The SMILES string of the molecule is CC(=O)Oc1cc(C)ccc1C1(COC(=O)Cc2ccc(F)cc2)CC1. The van der Waals surface area contributed by atoms with Crippen LogP contribution in [0.25, 0.3) is 0 Å². The average Bonchev–Trinajstić information content (AvgIpc) is 3.36. The van der Waals surface area contributed by atoms with E-state index in [1.165, 1.54) is 19.1 Å². The highest BCUT2D eigenvalue weighted by atomic mass is 19.1. The number of carbonyl (C=O) groups is 2. The van der Waals surface area contributed by atoms with Crippen molar-refractivity contribution < 1.29 is 23.5 Å². The maximum atomic E-state index is 12.9. The molecule has 2 aromatic rings. The Bertz CT molecular complexity index is 822. The Labute approximate surface area is 151 Å². The van der Waals surface area contributed by atoms with Gasteiger partial charge in [-0.3, -0.25) is 9.59 Å². The Balaban J connectivity index is 1.67. The zero-order valence-corrected chi connectivity index (χ0v) is 14.9. The molecule has 0 saturated heterocycles. The van der Waals surface area contributed by atoms with Gasteiger partial charge in [0.15, 0.2) is 0 Å². The van der Waals surface area contributed by atoms with E-state index in [4.69, 9.17) is 9.47 Å². The summed E-state index contributed by atoms with van der Waals surface area (Å²) in [5, 5.41) is 0. The van der Waals surface area contributed by atoms with Crippen molar-refractivity contribution in [1.82, 2.24) is 0 Å². The number of ether oxygens (including phenoxy) is 2. The fourth-order valence-corrected chi connectivity index (χ4v) is 2.99. The summed E-state index contributed by atoms with van der Waals surface area (Å²) in [5.41, 5.74) is 2.30. The summed E-state index contributed by atoms with van der Waals surface area (Å²) in [6, 6.07) is 11.5. The second-order valence-corrected chi connectivity index (χ2v) is 6.84. The summed E-state index contributed by atoms with van der Waals surface area (Å²) in [7, 11) is 0. The molecular weight excluding hydrogens is 335 g/mol. The Morgan fingerprint density at radius 2 is 1.81 bits per heavy atom. The lowest BCUT2D eigenvalue weighted by atomic mass is 9.94. The van der Waals surface area contributed by atoms with Gasteiger partial charge in [-0.2, -0.15) is 0 Å². The van der Waals surface area contributed by atoms with E-state index in [0.29, 0.717) is 11.3 Å². The molecule has 0 heterocycles. The van der Waals surface area contributed by atoms with Crippen LogP contribution in [0.15, 0.2) is 42.5 Å². The molecule has 3 rings (SSSR count). The van der Waals surface area contributed by atoms with Gasteiger partial charge in [0.2, 0.25) is 0 Å². The van der Waals surface area contributed by atoms with E-state index in [2.05, 4.69) is 0 Å². The minimum atomic E-state index is -0.374. The van der Waals surface area contributed by atoms with Crippen molar-refractivity contribution in [3.05, 3.63) is 65.0 Å². The molecule has 0 radical (unpaired) electrons. The van der Waals surface area contributed by atoms with Crippen LogP contribution in [0.3, 0.4) is 0 Å². The Morgan fingerprint density at radius 3 is 2.42 bits per heavy atom. The number of esters is 2. The molecular formula is C21H21FO4. The van der Waals surface area contributed by atoms with Crippen molar-refractivity contribution in [2.45, 2.75) is 38.5 Å². The molecule has 0 atom stereocenters. The smallest absolute Gasteiger partial charge is 0.310 e. The molecule has 0 bridgehead atoms. The quantitative estimate of drug-likeness (QED) is 0.582. The normalized spacial score (nSPS) is 14.6. The zero-order chi connectivity index (χ0) is 18.7. The Morgan fingerprint density at radius 1 is 1.12 bits per heavy atom. The van der Waals surface area contributed by atoms with E-state index in [0.717, 1.165) is 24.0 Å². The van der Waals surface area contributed by atoms with Crippen molar-refractivity contribution in [2.24, 2.45) is 0 Å². The summed E-state index contributed by atoms with van der Waals surface area (Å²) < 4.78 is 23.8. The Kier molecular flexibility index (Phi) is 5.07. The second-order valence-electron chi connectivity index (χ2n) is 6.84. The van der Waals surface area contributed by atoms with Crippen LogP contribution in [-0.4, -0.2) is 18.5 Å². The average molecular weight is 356 g/mol. The number of rotatable bonds is 6. The van der Waals surface area contributed by atoms with Gasteiger partial charge >= 0.3 is 11.9 Å². The van der Waals surface area contributed by atoms with E-state index in [1.807, 2.05) is 25.1 Å². The fraction of sp³-hybridized carbons (Fsp3) is 0.333. The predicted molar refractivity (Wildman–Crippen MR) is 94.5 cm³/mol. The van der Waals surface area contributed by atoms with Crippen LogP contribution in [0, 0.1) is 12.7 Å². The van der Waals surface area contributed by atoms with Crippen LogP contribution in [0.5, 0.6) is 5.75 Å². The van der Waals surface area contributed by atoms with Gasteiger partial charge in [-0.25, -0.2) is 4.39 Å². The zero-order valence-electron chi connectivity index (χ0n) is 14.9. The molecule has 0 N–H and O–H groups in total. The van der Waals surface area contributed by atoms with E-state index >= 15 is 0 Å². The van der Waals surface area contributed by atoms with Gasteiger partial charge in [0.05, 0.1) is 6.42 Å². The van der Waals surface area contributed by atoms with Gasteiger partial charge in [-0.1, -0.05) is 24.3 Å². The largest absolute Gasteiger partial charge is 0.464 e.